The number of aromatic nitrogens is 4. The number of ether oxygens (including phenoxy) is 3. The maximum Gasteiger partial charge on any atom is 0.333 e. The molecular weight excluding hydrogens is 553 g/mol. The zero-order valence-corrected chi connectivity index (χ0v) is 24.7. The molecule has 2 N–H and O–H groups in total. The Balaban J connectivity index is 2.01. The average molecular weight is 588 g/mol. The van der Waals surface area contributed by atoms with Crippen molar-refractivity contribution in [2.24, 2.45) is 5.73 Å². The lowest BCUT2D eigenvalue weighted by atomic mass is 10.0. The molecule has 0 aliphatic heterocycles. The number of halogens is 1. The van der Waals surface area contributed by atoms with E-state index in [9.17, 15) is 18.8 Å². The molecule has 4 rings (SSSR count). The molecule has 0 radical (unpaired) electrons. The van der Waals surface area contributed by atoms with Gasteiger partial charge in [0.1, 0.15) is 39.6 Å². The normalized spacial score (nSPS) is 12.8. The first-order valence-electron chi connectivity index (χ1n) is 13.0. The van der Waals surface area contributed by atoms with Crippen molar-refractivity contribution in [2.45, 2.75) is 58.9 Å². The molecule has 0 unspecified atom stereocenters. The number of primary amides is 1. The molecule has 4 aromatic rings. The van der Waals surface area contributed by atoms with E-state index in [4.69, 9.17) is 19.9 Å². The van der Waals surface area contributed by atoms with Crippen LogP contribution in [0, 0.1) is 12.7 Å². The molecule has 0 spiro atoms. The molecule has 1 aromatic carbocycles. The summed E-state index contributed by atoms with van der Waals surface area (Å²) in [6, 6.07) is 5.82. The molecule has 0 fully saturated rings. The number of fused-ring (bicyclic) bond motifs is 1. The number of amides is 1. The highest BCUT2D eigenvalue weighted by molar-refractivity contribution is 7.21. The number of hydrogen-bond acceptors (Lipinski definition) is 8. The molecule has 0 saturated carbocycles. The van der Waals surface area contributed by atoms with Crippen LogP contribution in [0.25, 0.3) is 15.2 Å². The van der Waals surface area contributed by atoms with Gasteiger partial charge < -0.3 is 19.9 Å². The van der Waals surface area contributed by atoms with Crippen molar-refractivity contribution in [2.75, 3.05) is 20.3 Å². The van der Waals surface area contributed by atoms with Crippen LogP contribution in [-0.4, -0.2) is 51.2 Å². The number of carbonyl (C=O) groups excluding carboxylic acids is 1. The van der Waals surface area contributed by atoms with Gasteiger partial charge in [0.2, 0.25) is 5.91 Å². The monoisotopic (exact) mass is 587 g/mol. The number of nitrogens with zero attached hydrogens (tertiary/aromatic N) is 4. The number of rotatable bonds is 12. The number of aryl methyl sites for hydroxylation is 1. The maximum absolute atomic E-state index is 14.6. The van der Waals surface area contributed by atoms with E-state index in [-0.39, 0.29) is 24.6 Å². The fraction of sp³-hybridized carbons (Fsp3) is 0.429. The highest BCUT2D eigenvalue weighted by Crippen LogP contribution is 2.35. The van der Waals surface area contributed by atoms with Gasteiger partial charge in [-0.15, -0.1) is 0 Å². The van der Waals surface area contributed by atoms with E-state index in [0.29, 0.717) is 33.3 Å². The van der Waals surface area contributed by atoms with E-state index in [0.717, 1.165) is 4.57 Å². The number of nitrogens with two attached hydrogens (primary N) is 1. The Morgan fingerprint density at radius 1 is 1.22 bits per heavy atom. The topological polar surface area (TPSA) is 133 Å². The molecule has 1 atom stereocenters. The molecule has 1 amide bonds. The van der Waals surface area contributed by atoms with Crippen LogP contribution in [0.4, 0.5) is 4.39 Å². The zero-order valence-electron chi connectivity index (χ0n) is 23.8. The third kappa shape index (κ3) is 5.83. The van der Waals surface area contributed by atoms with Crippen LogP contribution >= 0.6 is 11.3 Å². The Morgan fingerprint density at radius 2 is 1.95 bits per heavy atom. The largest absolute Gasteiger partial charge is 0.491 e. The summed E-state index contributed by atoms with van der Waals surface area (Å²) in [5.74, 6) is -0.998. The summed E-state index contributed by atoms with van der Waals surface area (Å²) in [6.45, 7) is 8.63. The van der Waals surface area contributed by atoms with E-state index in [1.54, 1.807) is 37.2 Å². The lowest BCUT2D eigenvalue weighted by Gasteiger charge is -2.27. The number of hydrogen-bond donors (Lipinski definition) is 1. The predicted octanol–water partition coefficient (Wildman–Crippen LogP) is 3.27. The molecule has 220 valence electrons. The van der Waals surface area contributed by atoms with E-state index < -0.39 is 34.6 Å². The first kappa shape index (κ1) is 30.2. The van der Waals surface area contributed by atoms with Crippen LogP contribution in [-0.2, 0) is 26.4 Å². The molecule has 41 heavy (non-hydrogen) atoms. The molecule has 3 heterocycles. The van der Waals surface area contributed by atoms with Gasteiger partial charge in [0.15, 0.2) is 0 Å². The van der Waals surface area contributed by atoms with Gasteiger partial charge in [-0.05, 0) is 58.9 Å². The number of carbonyl (C=O) groups is 1. The van der Waals surface area contributed by atoms with E-state index in [2.05, 4.69) is 5.10 Å². The Hall–Kier alpha value is -3.81. The van der Waals surface area contributed by atoms with Crippen molar-refractivity contribution in [1.82, 2.24) is 18.9 Å². The molecule has 0 aliphatic rings. The second-order valence-corrected chi connectivity index (χ2v) is 11.3. The first-order chi connectivity index (χ1) is 19.4. The molecule has 13 heteroatoms. The van der Waals surface area contributed by atoms with Gasteiger partial charge in [0.05, 0.1) is 24.6 Å². The minimum absolute atomic E-state index is 0.120. The standard InChI is InChI=1S/C28H34FN5O6S/c1-16(2)40-21(19-14-18(29)8-9-20(19)39-13-12-38-6)15-32-25-22(17(3)24(41-25)33-11-7-10-31-33)23(35)34(27(32)37)28(4,5)26(30)36/h7-11,14,16,21H,12-13,15H2,1-6H3,(H2,30,36)/t21-/m0/s1. The average Bonchev–Trinajstić information content (AvgIpc) is 3.54. The minimum atomic E-state index is -1.65. The fourth-order valence-corrected chi connectivity index (χ4v) is 5.80. The van der Waals surface area contributed by atoms with E-state index >= 15 is 0 Å². The van der Waals surface area contributed by atoms with Crippen LogP contribution < -0.4 is 21.7 Å². The first-order valence-corrected chi connectivity index (χ1v) is 13.9. The van der Waals surface area contributed by atoms with Crippen molar-refractivity contribution >= 4 is 27.5 Å². The van der Waals surface area contributed by atoms with Crippen molar-refractivity contribution in [3.63, 3.8) is 0 Å². The van der Waals surface area contributed by atoms with Crippen LogP contribution in [0.1, 0.15) is 44.9 Å². The maximum atomic E-state index is 14.6. The van der Waals surface area contributed by atoms with Gasteiger partial charge in [-0.2, -0.15) is 5.10 Å². The van der Waals surface area contributed by atoms with Gasteiger partial charge >= 0.3 is 5.69 Å². The number of thiophene rings is 1. The SMILES string of the molecule is COCCOc1ccc(F)cc1[C@H](Cn1c(=O)n(C(C)(C)C(N)=O)c(=O)c2c(C)c(-n3cccn3)sc21)OC(C)C. The third-order valence-electron chi connectivity index (χ3n) is 6.71. The van der Waals surface area contributed by atoms with Crippen LogP contribution in [0.2, 0.25) is 0 Å². The van der Waals surface area contributed by atoms with Gasteiger partial charge in [0, 0.05) is 30.6 Å². The van der Waals surface area contributed by atoms with Crippen molar-refractivity contribution in [3.8, 4) is 10.8 Å². The lowest BCUT2D eigenvalue weighted by Crippen LogP contribution is -2.54. The summed E-state index contributed by atoms with van der Waals surface area (Å²) in [7, 11) is 1.54. The summed E-state index contributed by atoms with van der Waals surface area (Å²) >= 11 is 1.20. The molecule has 0 bridgehead atoms. The van der Waals surface area contributed by atoms with E-state index in [1.807, 2.05) is 13.8 Å². The molecule has 3 aromatic heterocycles. The summed E-state index contributed by atoms with van der Waals surface area (Å²) in [5.41, 5.74) is 3.57. The second-order valence-electron chi connectivity index (χ2n) is 10.3. The highest BCUT2D eigenvalue weighted by Gasteiger charge is 2.35. The molecule has 11 nitrogen and oxygen atoms in total. The summed E-state index contributed by atoms with van der Waals surface area (Å²) in [6.07, 6.45) is 2.14. The van der Waals surface area contributed by atoms with Crippen LogP contribution in [0.3, 0.4) is 0 Å². The van der Waals surface area contributed by atoms with Gasteiger partial charge in [-0.25, -0.2) is 18.4 Å². The zero-order chi connectivity index (χ0) is 30.1. The molecule has 0 saturated heterocycles. The van der Waals surface area contributed by atoms with Crippen molar-refractivity contribution < 1.29 is 23.4 Å². The predicted molar refractivity (Wildman–Crippen MR) is 153 cm³/mol. The van der Waals surface area contributed by atoms with Crippen LogP contribution in [0.15, 0.2) is 46.2 Å². The van der Waals surface area contributed by atoms with Gasteiger partial charge in [-0.3, -0.25) is 14.2 Å². The molecular formula is C28H34FN5O6S. The minimum Gasteiger partial charge on any atom is -0.491 e. The fourth-order valence-electron chi connectivity index (χ4n) is 4.55. The summed E-state index contributed by atoms with van der Waals surface area (Å²) in [4.78, 5) is 40.8. The number of benzene rings is 1. The van der Waals surface area contributed by atoms with E-state index in [1.165, 1.54) is 48.0 Å². The van der Waals surface area contributed by atoms with Gasteiger partial charge in [0.25, 0.3) is 5.56 Å². The van der Waals surface area contributed by atoms with Crippen molar-refractivity contribution in [1.29, 1.82) is 0 Å². The lowest BCUT2D eigenvalue weighted by molar-refractivity contribution is -0.125. The highest BCUT2D eigenvalue weighted by atomic mass is 32.1. The Labute approximate surface area is 239 Å². The quantitative estimate of drug-likeness (QED) is 0.252. The van der Waals surface area contributed by atoms with Crippen LogP contribution in [0.5, 0.6) is 5.75 Å². The Morgan fingerprint density at radius 3 is 2.56 bits per heavy atom. The second kappa shape index (κ2) is 12.0. The van der Waals surface area contributed by atoms with Crippen molar-refractivity contribution in [3.05, 3.63) is 74.4 Å². The molecule has 0 aliphatic carbocycles. The van der Waals surface area contributed by atoms with Gasteiger partial charge in [-0.1, -0.05) is 11.3 Å². The number of methoxy groups -OCH3 is 1. The third-order valence-corrected chi connectivity index (χ3v) is 8.01. The summed E-state index contributed by atoms with van der Waals surface area (Å²) < 4.78 is 35.6. The smallest absolute Gasteiger partial charge is 0.333 e. The Kier molecular flexibility index (Phi) is 8.80. The summed E-state index contributed by atoms with van der Waals surface area (Å²) in [5, 5.41) is 5.16. The Bertz CT molecular complexity index is 1670.